The van der Waals surface area contributed by atoms with Gasteiger partial charge in [0.2, 0.25) is 0 Å². The molecule has 5 aromatic rings. The summed E-state index contributed by atoms with van der Waals surface area (Å²) in [7, 11) is 0. The molecule has 0 fully saturated rings. The van der Waals surface area contributed by atoms with Crippen LogP contribution in [0.5, 0.6) is 0 Å². The van der Waals surface area contributed by atoms with Gasteiger partial charge in [0.25, 0.3) is 0 Å². The highest BCUT2D eigenvalue weighted by atomic mass is 14.8. The van der Waals surface area contributed by atoms with E-state index in [0.29, 0.717) is 0 Å². The van der Waals surface area contributed by atoms with Crippen molar-refractivity contribution in [1.29, 1.82) is 0 Å². The van der Waals surface area contributed by atoms with Gasteiger partial charge in [-0.3, -0.25) is 0 Å². The molecule has 0 unspecified atom stereocenters. The van der Waals surface area contributed by atoms with Gasteiger partial charge >= 0.3 is 0 Å². The average Bonchev–Trinajstić information content (AvgIpc) is 3.58. The maximum Gasteiger partial charge on any atom is 0.0737 e. The molecule has 0 saturated carbocycles. The molecule has 0 saturated heterocycles. The summed E-state index contributed by atoms with van der Waals surface area (Å²) < 4.78 is 0. The van der Waals surface area contributed by atoms with Crippen LogP contribution >= 0.6 is 0 Å². The predicted molar refractivity (Wildman–Crippen MR) is 132 cm³/mol. The Labute approximate surface area is 184 Å². The average molecular weight is 410 g/mol. The molecule has 2 N–H and O–H groups in total. The van der Waals surface area contributed by atoms with Crippen molar-refractivity contribution in [3.8, 4) is 22.5 Å². The molecule has 150 valence electrons. The number of nitrogens with zero attached hydrogens (tertiary/aromatic N) is 2. The lowest BCUT2D eigenvalue weighted by atomic mass is 9.99. The summed E-state index contributed by atoms with van der Waals surface area (Å²) in [5, 5.41) is 2.43. The van der Waals surface area contributed by atoms with Crippen LogP contribution in [0.3, 0.4) is 0 Å². The van der Waals surface area contributed by atoms with E-state index >= 15 is 0 Å². The number of aromatic amines is 2. The fraction of sp³-hybridized carbons (Fsp3) is 0. The standard InChI is InChI=1S/C28H18N4/c1-2-4-18-12-26-25(11-17(18)3-1)27-15-23-9-7-21(30-23)13-19-5-6-20(29-19)14-22-8-10-24(31-22)16-28(26)32-27/h1-16,30-31H. The Morgan fingerprint density at radius 2 is 0.938 bits per heavy atom. The Bertz CT molecular complexity index is 1610. The number of benzene rings is 2. The summed E-state index contributed by atoms with van der Waals surface area (Å²) in [5.41, 5.74) is 10.2. The minimum Gasteiger partial charge on any atom is -0.355 e. The van der Waals surface area contributed by atoms with Gasteiger partial charge in [-0.1, -0.05) is 24.3 Å². The van der Waals surface area contributed by atoms with E-state index in [4.69, 9.17) is 9.97 Å². The molecule has 2 aliphatic heterocycles. The zero-order chi connectivity index (χ0) is 21.1. The van der Waals surface area contributed by atoms with E-state index in [1.54, 1.807) is 0 Å². The fourth-order valence-electron chi connectivity index (χ4n) is 4.50. The number of fused-ring (bicyclic) bond motifs is 12. The van der Waals surface area contributed by atoms with Crippen molar-refractivity contribution >= 4 is 45.0 Å². The maximum atomic E-state index is 5.04. The van der Waals surface area contributed by atoms with Gasteiger partial charge in [-0.25, -0.2) is 9.97 Å². The molecule has 0 spiro atoms. The van der Waals surface area contributed by atoms with Gasteiger partial charge in [0.05, 0.1) is 22.8 Å². The van der Waals surface area contributed by atoms with Crippen LogP contribution in [0.2, 0.25) is 0 Å². The molecular formula is C28H18N4. The van der Waals surface area contributed by atoms with Gasteiger partial charge in [-0.15, -0.1) is 0 Å². The third-order valence-corrected chi connectivity index (χ3v) is 6.02. The number of hydrogen-bond acceptors (Lipinski definition) is 2. The van der Waals surface area contributed by atoms with Crippen molar-refractivity contribution in [2.45, 2.75) is 0 Å². The fourth-order valence-corrected chi connectivity index (χ4v) is 4.50. The van der Waals surface area contributed by atoms with Gasteiger partial charge < -0.3 is 9.97 Å². The maximum absolute atomic E-state index is 5.04. The van der Waals surface area contributed by atoms with Crippen molar-refractivity contribution in [3.63, 3.8) is 0 Å². The van der Waals surface area contributed by atoms with Gasteiger partial charge in [0.1, 0.15) is 0 Å². The Kier molecular flexibility index (Phi) is 3.52. The SMILES string of the molecule is C1=Cc2cc3ccc(cc4nc(cc5ccc(cc1n2)[nH]5)-c1cc2ccccc2cc1-4)[nH]3. The van der Waals surface area contributed by atoms with Crippen LogP contribution in [-0.4, -0.2) is 19.9 Å². The molecular weight excluding hydrogens is 392 g/mol. The molecule has 32 heavy (non-hydrogen) atoms. The molecule has 5 heterocycles. The van der Waals surface area contributed by atoms with Crippen LogP contribution in [0.1, 0.15) is 11.4 Å². The number of H-pyrrole nitrogens is 2. The van der Waals surface area contributed by atoms with Crippen molar-refractivity contribution < 1.29 is 0 Å². The molecule has 8 bridgehead atoms. The molecule has 4 nitrogen and oxygen atoms in total. The minimum absolute atomic E-state index is 0.931. The number of rotatable bonds is 0. The predicted octanol–water partition coefficient (Wildman–Crippen LogP) is 6.97. The van der Waals surface area contributed by atoms with Gasteiger partial charge in [-0.2, -0.15) is 0 Å². The van der Waals surface area contributed by atoms with Crippen molar-refractivity contribution in [3.05, 3.63) is 96.3 Å². The zero-order valence-electron chi connectivity index (χ0n) is 17.1. The van der Waals surface area contributed by atoms with Crippen LogP contribution < -0.4 is 0 Å². The summed E-state index contributed by atoms with van der Waals surface area (Å²) in [6.07, 6.45) is 4.07. The summed E-state index contributed by atoms with van der Waals surface area (Å²) in [5.74, 6) is 0. The van der Waals surface area contributed by atoms with Crippen LogP contribution in [0, 0.1) is 0 Å². The monoisotopic (exact) mass is 410 g/mol. The van der Waals surface area contributed by atoms with Gasteiger partial charge in [0, 0.05) is 33.2 Å². The first-order valence-electron chi connectivity index (χ1n) is 10.7. The molecule has 3 aromatic heterocycles. The third kappa shape index (κ3) is 2.85. The zero-order valence-corrected chi connectivity index (χ0v) is 17.1. The number of aromatic nitrogens is 4. The Morgan fingerprint density at radius 3 is 1.44 bits per heavy atom. The third-order valence-electron chi connectivity index (χ3n) is 6.02. The second-order valence-electron chi connectivity index (χ2n) is 8.24. The molecule has 0 amide bonds. The van der Waals surface area contributed by atoms with E-state index in [2.05, 4.69) is 94.9 Å². The summed E-state index contributed by atoms with van der Waals surface area (Å²) in [6.45, 7) is 0. The van der Waals surface area contributed by atoms with Crippen LogP contribution in [-0.2, 0) is 0 Å². The highest BCUT2D eigenvalue weighted by Crippen LogP contribution is 2.38. The van der Waals surface area contributed by atoms with E-state index < -0.39 is 0 Å². The highest BCUT2D eigenvalue weighted by Gasteiger charge is 2.17. The second-order valence-corrected chi connectivity index (χ2v) is 8.24. The first-order chi connectivity index (χ1) is 15.8. The normalized spacial score (nSPS) is 12.2. The van der Waals surface area contributed by atoms with Gasteiger partial charge in [-0.05, 0) is 83.6 Å². The van der Waals surface area contributed by atoms with E-state index in [9.17, 15) is 0 Å². The second kappa shape index (κ2) is 6.53. The van der Waals surface area contributed by atoms with Crippen LogP contribution in [0.15, 0.2) is 84.9 Å². The molecule has 0 atom stereocenters. The summed E-state index contributed by atoms with van der Waals surface area (Å²) in [4.78, 5) is 16.7. The molecule has 7 rings (SSSR count). The summed E-state index contributed by atoms with van der Waals surface area (Å²) >= 11 is 0. The molecule has 2 aliphatic rings. The Hall–Kier alpha value is -4.44. The van der Waals surface area contributed by atoms with Crippen molar-refractivity contribution in [2.24, 2.45) is 0 Å². The smallest absolute Gasteiger partial charge is 0.0737 e. The van der Waals surface area contributed by atoms with E-state index in [-0.39, 0.29) is 0 Å². The number of hydrogen-bond donors (Lipinski definition) is 2. The first kappa shape index (κ1) is 17.3. The van der Waals surface area contributed by atoms with E-state index in [1.807, 2.05) is 12.2 Å². The Morgan fingerprint density at radius 1 is 0.469 bits per heavy atom. The first-order valence-corrected chi connectivity index (χ1v) is 10.7. The highest BCUT2D eigenvalue weighted by molar-refractivity contribution is 5.98. The minimum atomic E-state index is 0.931. The molecule has 0 radical (unpaired) electrons. The molecule has 2 aromatic carbocycles. The lowest BCUT2D eigenvalue weighted by molar-refractivity contribution is 1.32. The number of nitrogens with one attached hydrogen (secondary N) is 2. The Balaban J connectivity index is 1.59. The van der Waals surface area contributed by atoms with Gasteiger partial charge in [0.15, 0.2) is 0 Å². The lowest BCUT2D eigenvalue weighted by Crippen LogP contribution is -1.79. The van der Waals surface area contributed by atoms with Crippen molar-refractivity contribution in [2.75, 3.05) is 0 Å². The molecule has 0 aliphatic carbocycles. The summed E-state index contributed by atoms with van der Waals surface area (Å²) in [6, 6.07) is 29.6. The quantitative estimate of drug-likeness (QED) is 0.284. The van der Waals surface area contributed by atoms with E-state index in [0.717, 1.165) is 56.0 Å². The van der Waals surface area contributed by atoms with E-state index in [1.165, 1.54) is 10.8 Å². The lowest BCUT2D eigenvalue weighted by Gasteiger charge is -2.03. The largest absolute Gasteiger partial charge is 0.355 e. The topological polar surface area (TPSA) is 57.4 Å². The molecule has 4 heteroatoms. The van der Waals surface area contributed by atoms with Crippen LogP contribution in [0.4, 0.5) is 0 Å². The van der Waals surface area contributed by atoms with Crippen molar-refractivity contribution in [1.82, 2.24) is 19.9 Å². The van der Waals surface area contributed by atoms with Crippen LogP contribution in [0.25, 0.3) is 67.5 Å².